The normalized spacial score (nSPS) is 11.2. The van der Waals surface area contributed by atoms with Crippen LogP contribution < -0.4 is 10.6 Å². The number of para-hydroxylation sites is 1. The van der Waals surface area contributed by atoms with Crippen LogP contribution in [0.2, 0.25) is 0 Å². The number of nitrogens with zero attached hydrogens (tertiary/aromatic N) is 5. The largest absolute Gasteiger partial charge is 0.356 e. The van der Waals surface area contributed by atoms with Crippen molar-refractivity contribution in [3.05, 3.63) is 65.2 Å². The summed E-state index contributed by atoms with van der Waals surface area (Å²) in [5.74, 6) is 0.785. The van der Waals surface area contributed by atoms with Crippen LogP contribution in [0.1, 0.15) is 22.5 Å². The average molecular weight is 493 g/mol. The lowest BCUT2D eigenvalue weighted by Gasteiger charge is -2.11. The maximum absolute atomic E-state index is 4.45. The number of aliphatic imine (C=N–C) groups is 1. The summed E-state index contributed by atoms with van der Waals surface area (Å²) in [5.41, 5.74) is 5.68. The van der Waals surface area contributed by atoms with E-state index in [0.29, 0.717) is 6.54 Å². The van der Waals surface area contributed by atoms with E-state index in [1.165, 1.54) is 16.8 Å². The molecular formula is C20H28IN7. The molecule has 2 N–H and O–H groups in total. The first-order chi connectivity index (χ1) is 13.1. The fourth-order valence-corrected chi connectivity index (χ4v) is 3.00. The van der Waals surface area contributed by atoms with Gasteiger partial charge in [0.1, 0.15) is 0 Å². The van der Waals surface area contributed by atoms with Gasteiger partial charge in [-0.15, -0.1) is 24.0 Å². The second kappa shape index (κ2) is 10.3. The fraction of sp³-hybridized carbons (Fsp3) is 0.350. The summed E-state index contributed by atoms with van der Waals surface area (Å²) in [6, 6.07) is 10.1. The van der Waals surface area contributed by atoms with Crippen LogP contribution >= 0.6 is 24.0 Å². The quantitative estimate of drug-likeness (QED) is 0.315. The number of aromatic nitrogens is 4. The van der Waals surface area contributed by atoms with Gasteiger partial charge in [-0.3, -0.25) is 9.67 Å². The first kappa shape index (κ1) is 21.9. The van der Waals surface area contributed by atoms with Crippen molar-refractivity contribution < 1.29 is 0 Å². The van der Waals surface area contributed by atoms with Crippen molar-refractivity contribution in [2.45, 2.75) is 26.8 Å². The molecule has 0 radical (unpaired) electrons. The first-order valence-electron chi connectivity index (χ1n) is 9.11. The van der Waals surface area contributed by atoms with E-state index in [4.69, 9.17) is 0 Å². The zero-order valence-electron chi connectivity index (χ0n) is 16.8. The summed E-state index contributed by atoms with van der Waals surface area (Å²) >= 11 is 0. The first-order valence-corrected chi connectivity index (χ1v) is 9.11. The number of benzene rings is 1. The van der Waals surface area contributed by atoms with E-state index in [0.717, 1.165) is 30.3 Å². The number of aryl methyl sites for hydroxylation is 2. The number of halogens is 1. The third-order valence-electron chi connectivity index (χ3n) is 4.68. The second-order valence-electron chi connectivity index (χ2n) is 6.50. The minimum atomic E-state index is 0. The van der Waals surface area contributed by atoms with E-state index in [1.54, 1.807) is 7.05 Å². The van der Waals surface area contributed by atoms with Crippen LogP contribution in [0.15, 0.2) is 47.7 Å². The molecular weight excluding hydrogens is 465 g/mol. The van der Waals surface area contributed by atoms with E-state index in [9.17, 15) is 0 Å². The van der Waals surface area contributed by atoms with Gasteiger partial charge >= 0.3 is 0 Å². The van der Waals surface area contributed by atoms with Crippen molar-refractivity contribution in [1.82, 2.24) is 30.2 Å². The smallest absolute Gasteiger partial charge is 0.191 e. The lowest BCUT2D eigenvalue weighted by atomic mass is 10.2. The Kier molecular flexibility index (Phi) is 8.04. The summed E-state index contributed by atoms with van der Waals surface area (Å²) in [7, 11) is 3.75. The number of nitrogens with one attached hydrogen (secondary N) is 2. The Morgan fingerprint density at radius 3 is 2.54 bits per heavy atom. The molecule has 28 heavy (non-hydrogen) atoms. The average Bonchev–Trinajstić information content (AvgIpc) is 3.24. The highest BCUT2D eigenvalue weighted by Gasteiger charge is 2.09. The van der Waals surface area contributed by atoms with Crippen LogP contribution in [0.5, 0.6) is 0 Å². The predicted octanol–water partition coefficient (Wildman–Crippen LogP) is 2.75. The molecule has 8 heteroatoms. The van der Waals surface area contributed by atoms with Crippen LogP contribution in [0.4, 0.5) is 0 Å². The van der Waals surface area contributed by atoms with E-state index < -0.39 is 0 Å². The van der Waals surface area contributed by atoms with Crippen LogP contribution in [0.25, 0.3) is 5.69 Å². The molecule has 2 heterocycles. The van der Waals surface area contributed by atoms with Gasteiger partial charge in [0.2, 0.25) is 0 Å². The summed E-state index contributed by atoms with van der Waals surface area (Å²) < 4.78 is 3.81. The van der Waals surface area contributed by atoms with Gasteiger partial charge in [-0.25, -0.2) is 4.68 Å². The van der Waals surface area contributed by atoms with Gasteiger partial charge in [-0.1, -0.05) is 18.2 Å². The highest BCUT2D eigenvalue weighted by Crippen LogP contribution is 2.11. The highest BCUT2D eigenvalue weighted by molar-refractivity contribution is 14.0. The SMILES string of the molecule is CN=C(NCCc1cnn(-c2ccccc2)c1)NCc1c(C)nn(C)c1C.I. The zero-order valence-corrected chi connectivity index (χ0v) is 19.1. The fourth-order valence-electron chi connectivity index (χ4n) is 3.00. The summed E-state index contributed by atoms with van der Waals surface area (Å²) in [6.45, 7) is 5.60. The van der Waals surface area contributed by atoms with Gasteiger partial charge in [-0.05, 0) is 38.0 Å². The van der Waals surface area contributed by atoms with Gasteiger partial charge in [-0.2, -0.15) is 10.2 Å². The van der Waals surface area contributed by atoms with Gasteiger partial charge in [0, 0.05) is 44.6 Å². The Hall–Kier alpha value is -2.36. The van der Waals surface area contributed by atoms with Crippen LogP contribution in [0, 0.1) is 13.8 Å². The molecule has 0 fully saturated rings. The van der Waals surface area contributed by atoms with Crippen molar-refractivity contribution in [3.8, 4) is 5.69 Å². The molecule has 7 nitrogen and oxygen atoms in total. The number of rotatable bonds is 6. The minimum Gasteiger partial charge on any atom is -0.356 e. The zero-order chi connectivity index (χ0) is 19.2. The van der Waals surface area contributed by atoms with Gasteiger partial charge in [0.05, 0.1) is 17.6 Å². The molecule has 0 spiro atoms. The van der Waals surface area contributed by atoms with Crippen molar-refractivity contribution in [1.29, 1.82) is 0 Å². The third kappa shape index (κ3) is 5.34. The maximum Gasteiger partial charge on any atom is 0.191 e. The molecule has 2 aromatic heterocycles. The predicted molar refractivity (Wildman–Crippen MR) is 124 cm³/mol. The standard InChI is InChI=1S/C20H27N7.HI/c1-15-19(16(2)26(4)25-15)13-23-20(21-3)22-11-10-17-12-24-27(14-17)18-8-6-5-7-9-18;/h5-9,12,14H,10-11,13H2,1-4H3,(H2,21,22,23);1H. The van der Waals surface area contributed by atoms with Crippen molar-refractivity contribution >= 4 is 29.9 Å². The number of hydrogen-bond donors (Lipinski definition) is 2. The molecule has 3 rings (SSSR count). The molecule has 0 saturated carbocycles. The Labute approximate surface area is 183 Å². The maximum atomic E-state index is 4.45. The Morgan fingerprint density at radius 2 is 1.89 bits per heavy atom. The molecule has 150 valence electrons. The molecule has 0 aliphatic carbocycles. The van der Waals surface area contributed by atoms with Gasteiger partial charge in [0.25, 0.3) is 0 Å². The van der Waals surface area contributed by atoms with Crippen molar-refractivity contribution in [2.75, 3.05) is 13.6 Å². The van der Waals surface area contributed by atoms with E-state index in [-0.39, 0.29) is 24.0 Å². The summed E-state index contributed by atoms with van der Waals surface area (Å²) in [5, 5.41) is 15.6. The minimum absolute atomic E-state index is 0. The molecule has 0 aliphatic rings. The molecule has 1 aromatic carbocycles. The second-order valence-corrected chi connectivity index (χ2v) is 6.50. The van der Waals surface area contributed by atoms with E-state index in [2.05, 4.69) is 38.9 Å². The molecule has 0 atom stereocenters. The number of hydrogen-bond acceptors (Lipinski definition) is 3. The molecule has 3 aromatic rings. The monoisotopic (exact) mass is 493 g/mol. The van der Waals surface area contributed by atoms with E-state index in [1.807, 2.05) is 59.9 Å². The third-order valence-corrected chi connectivity index (χ3v) is 4.68. The lowest BCUT2D eigenvalue weighted by Crippen LogP contribution is -2.38. The van der Waals surface area contributed by atoms with Gasteiger partial charge < -0.3 is 10.6 Å². The Morgan fingerprint density at radius 1 is 1.14 bits per heavy atom. The van der Waals surface area contributed by atoms with Crippen molar-refractivity contribution in [3.63, 3.8) is 0 Å². The lowest BCUT2D eigenvalue weighted by molar-refractivity contribution is 0.728. The van der Waals surface area contributed by atoms with E-state index >= 15 is 0 Å². The Bertz CT molecular complexity index is 912. The molecule has 0 amide bonds. The molecule has 0 bridgehead atoms. The van der Waals surface area contributed by atoms with Gasteiger partial charge in [0.15, 0.2) is 5.96 Å². The Balaban J connectivity index is 0.00000280. The van der Waals surface area contributed by atoms with Crippen LogP contribution in [-0.2, 0) is 20.0 Å². The summed E-state index contributed by atoms with van der Waals surface area (Å²) in [6.07, 6.45) is 4.85. The van der Waals surface area contributed by atoms with Crippen molar-refractivity contribution in [2.24, 2.45) is 12.0 Å². The van der Waals surface area contributed by atoms with Crippen LogP contribution in [0.3, 0.4) is 0 Å². The molecule has 0 saturated heterocycles. The number of guanidine groups is 1. The summed E-state index contributed by atoms with van der Waals surface area (Å²) in [4.78, 5) is 4.30. The molecule has 0 aliphatic heterocycles. The highest BCUT2D eigenvalue weighted by atomic mass is 127. The van der Waals surface area contributed by atoms with Crippen LogP contribution in [-0.4, -0.2) is 39.1 Å². The topological polar surface area (TPSA) is 72.1 Å². The molecule has 0 unspecified atom stereocenters.